The monoisotopic (exact) mass is 352 g/mol. The van der Waals surface area contributed by atoms with Gasteiger partial charge in [0.1, 0.15) is 0 Å². The van der Waals surface area contributed by atoms with Crippen molar-refractivity contribution in [2.45, 2.75) is 6.42 Å². The highest BCUT2D eigenvalue weighted by molar-refractivity contribution is 9.10. The minimum atomic E-state index is -0.218. The lowest BCUT2D eigenvalue weighted by Gasteiger charge is -2.07. The van der Waals surface area contributed by atoms with Crippen LogP contribution < -0.4 is 10.6 Å². The summed E-state index contributed by atoms with van der Waals surface area (Å²) in [6, 6.07) is 14.8. The van der Waals surface area contributed by atoms with Crippen molar-refractivity contribution < 1.29 is 4.79 Å². The van der Waals surface area contributed by atoms with Crippen LogP contribution in [0.4, 0.5) is 10.5 Å². The molecule has 2 rings (SSSR count). The van der Waals surface area contributed by atoms with E-state index in [0.29, 0.717) is 11.6 Å². The molecule has 0 aliphatic heterocycles. The van der Waals surface area contributed by atoms with Gasteiger partial charge in [0, 0.05) is 21.7 Å². The van der Waals surface area contributed by atoms with Crippen LogP contribution in [0.25, 0.3) is 0 Å². The Labute approximate surface area is 131 Å². The van der Waals surface area contributed by atoms with Gasteiger partial charge in [0.25, 0.3) is 0 Å². The van der Waals surface area contributed by atoms with Gasteiger partial charge in [-0.25, -0.2) is 4.79 Å². The zero-order valence-electron chi connectivity index (χ0n) is 10.7. The molecule has 0 unspecified atom stereocenters. The molecule has 5 heteroatoms. The first kappa shape index (κ1) is 14.9. The fourth-order valence-corrected chi connectivity index (χ4v) is 2.07. The molecule has 2 aromatic carbocycles. The molecule has 0 spiro atoms. The molecule has 0 saturated carbocycles. The van der Waals surface area contributed by atoms with E-state index in [0.717, 1.165) is 16.6 Å². The molecule has 0 atom stereocenters. The van der Waals surface area contributed by atoms with Crippen molar-refractivity contribution in [1.29, 1.82) is 0 Å². The predicted molar refractivity (Wildman–Crippen MR) is 86.3 cm³/mol. The molecule has 0 aromatic heterocycles. The number of anilines is 1. The van der Waals surface area contributed by atoms with Crippen LogP contribution in [0.2, 0.25) is 5.02 Å². The second-order valence-electron chi connectivity index (χ2n) is 4.26. The highest BCUT2D eigenvalue weighted by Gasteiger charge is 2.01. The van der Waals surface area contributed by atoms with E-state index >= 15 is 0 Å². The number of benzene rings is 2. The molecule has 0 fully saturated rings. The minimum absolute atomic E-state index is 0.218. The van der Waals surface area contributed by atoms with Gasteiger partial charge in [0.2, 0.25) is 0 Å². The van der Waals surface area contributed by atoms with Gasteiger partial charge in [-0.05, 0) is 48.4 Å². The first-order valence-corrected chi connectivity index (χ1v) is 7.35. The van der Waals surface area contributed by atoms with Crippen molar-refractivity contribution >= 4 is 39.2 Å². The smallest absolute Gasteiger partial charge is 0.319 e. The third-order valence-electron chi connectivity index (χ3n) is 2.71. The number of urea groups is 1. The van der Waals surface area contributed by atoms with Crippen molar-refractivity contribution in [3.05, 3.63) is 63.6 Å². The van der Waals surface area contributed by atoms with E-state index < -0.39 is 0 Å². The van der Waals surface area contributed by atoms with E-state index in [1.165, 1.54) is 5.56 Å². The van der Waals surface area contributed by atoms with Gasteiger partial charge >= 0.3 is 6.03 Å². The molecule has 0 saturated heterocycles. The van der Waals surface area contributed by atoms with E-state index in [4.69, 9.17) is 11.6 Å². The summed E-state index contributed by atoms with van der Waals surface area (Å²) in [5.74, 6) is 0. The maximum atomic E-state index is 11.7. The molecule has 0 heterocycles. The molecule has 2 amide bonds. The zero-order valence-corrected chi connectivity index (χ0v) is 13.0. The Kier molecular flexibility index (Phi) is 5.44. The van der Waals surface area contributed by atoms with Gasteiger partial charge in [-0.3, -0.25) is 0 Å². The van der Waals surface area contributed by atoms with Gasteiger partial charge < -0.3 is 10.6 Å². The van der Waals surface area contributed by atoms with Gasteiger partial charge in [-0.2, -0.15) is 0 Å². The van der Waals surface area contributed by atoms with Crippen molar-refractivity contribution in [3.63, 3.8) is 0 Å². The zero-order chi connectivity index (χ0) is 14.4. The number of nitrogens with one attached hydrogen (secondary N) is 2. The van der Waals surface area contributed by atoms with Crippen LogP contribution in [0.3, 0.4) is 0 Å². The highest BCUT2D eigenvalue weighted by atomic mass is 79.9. The summed E-state index contributed by atoms with van der Waals surface area (Å²) in [6.07, 6.45) is 0.793. The minimum Gasteiger partial charge on any atom is -0.338 e. The van der Waals surface area contributed by atoms with E-state index in [1.807, 2.05) is 24.3 Å². The average Bonchev–Trinajstić information content (AvgIpc) is 2.44. The Morgan fingerprint density at radius 1 is 1.05 bits per heavy atom. The summed E-state index contributed by atoms with van der Waals surface area (Å²) in [7, 11) is 0. The summed E-state index contributed by atoms with van der Waals surface area (Å²) >= 11 is 9.17. The van der Waals surface area contributed by atoms with Gasteiger partial charge in [-0.1, -0.05) is 39.7 Å². The molecule has 3 nitrogen and oxygen atoms in total. The Bertz CT molecular complexity index is 569. The summed E-state index contributed by atoms with van der Waals surface area (Å²) in [5.41, 5.74) is 1.90. The van der Waals surface area contributed by atoms with Crippen molar-refractivity contribution in [3.8, 4) is 0 Å². The van der Waals surface area contributed by atoms with E-state index in [2.05, 4.69) is 26.6 Å². The summed E-state index contributed by atoms with van der Waals surface area (Å²) in [5, 5.41) is 6.21. The van der Waals surface area contributed by atoms with E-state index in [1.54, 1.807) is 24.3 Å². The largest absolute Gasteiger partial charge is 0.338 e. The van der Waals surface area contributed by atoms with Crippen molar-refractivity contribution in [2.24, 2.45) is 0 Å². The predicted octanol–water partition coefficient (Wildman–Crippen LogP) is 4.47. The molecule has 0 aliphatic rings. The third-order valence-corrected chi connectivity index (χ3v) is 3.50. The summed E-state index contributed by atoms with van der Waals surface area (Å²) in [4.78, 5) is 11.7. The topological polar surface area (TPSA) is 41.1 Å². The number of amides is 2. The molecule has 20 heavy (non-hydrogen) atoms. The van der Waals surface area contributed by atoms with Crippen LogP contribution in [-0.4, -0.2) is 12.6 Å². The first-order valence-electron chi connectivity index (χ1n) is 6.18. The molecule has 2 N–H and O–H groups in total. The van der Waals surface area contributed by atoms with Crippen molar-refractivity contribution in [1.82, 2.24) is 5.32 Å². The highest BCUT2D eigenvalue weighted by Crippen LogP contribution is 2.13. The fraction of sp³-hybridized carbons (Fsp3) is 0.133. The van der Waals surface area contributed by atoms with Crippen LogP contribution in [0.1, 0.15) is 5.56 Å². The number of hydrogen-bond acceptors (Lipinski definition) is 1. The lowest BCUT2D eigenvalue weighted by molar-refractivity contribution is 0.252. The average molecular weight is 354 g/mol. The molecule has 2 aromatic rings. The molecule has 0 aliphatic carbocycles. The second kappa shape index (κ2) is 7.31. The van der Waals surface area contributed by atoms with Crippen LogP contribution >= 0.6 is 27.5 Å². The number of rotatable bonds is 4. The number of carbonyl (C=O) groups excluding carboxylic acids is 1. The summed E-state index contributed by atoms with van der Waals surface area (Å²) < 4.78 is 1.05. The molecule has 0 bridgehead atoms. The maximum Gasteiger partial charge on any atom is 0.319 e. The Hall–Kier alpha value is -1.52. The van der Waals surface area contributed by atoms with Crippen LogP contribution in [-0.2, 0) is 6.42 Å². The number of carbonyl (C=O) groups is 1. The Morgan fingerprint density at radius 2 is 1.70 bits per heavy atom. The van der Waals surface area contributed by atoms with Crippen molar-refractivity contribution in [2.75, 3.05) is 11.9 Å². The Morgan fingerprint density at radius 3 is 2.35 bits per heavy atom. The standard InChI is InChI=1S/C15H14BrClN2O/c16-12-3-1-11(2-4-12)9-10-18-15(20)19-14-7-5-13(17)6-8-14/h1-8H,9-10H2,(H2,18,19,20). The van der Waals surface area contributed by atoms with Gasteiger partial charge in [0.15, 0.2) is 0 Å². The molecular formula is C15H14BrClN2O. The van der Waals surface area contributed by atoms with Crippen LogP contribution in [0.15, 0.2) is 53.0 Å². The first-order chi connectivity index (χ1) is 9.63. The lowest BCUT2D eigenvalue weighted by Crippen LogP contribution is -2.30. The normalized spacial score (nSPS) is 10.1. The number of halogens is 2. The Balaban J connectivity index is 1.75. The van der Waals surface area contributed by atoms with E-state index in [9.17, 15) is 4.79 Å². The van der Waals surface area contributed by atoms with Gasteiger partial charge in [-0.15, -0.1) is 0 Å². The summed E-state index contributed by atoms with van der Waals surface area (Å²) in [6.45, 7) is 0.584. The molecule has 104 valence electrons. The third kappa shape index (κ3) is 4.87. The van der Waals surface area contributed by atoms with Crippen LogP contribution in [0.5, 0.6) is 0 Å². The van der Waals surface area contributed by atoms with E-state index in [-0.39, 0.29) is 6.03 Å². The maximum absolute atomic E-state index is 11.7. The van der Waals surface area contributed by atoms with Gasteiger partial charge in [0.05, 0.1) is 0 Å². The van der Waals surface area contributed by atoms with Crippen LogP contribution in [0, 0.1) is 0 Å². The SMILES string of the molecule is O=C(NCCc1ccc(Br)cc1)Nc1ccc(Cl)cc1. The quantitative estimate of drug-likeness (QED) is 0.837. The fourth-order valence-electron chi connectivity index (χ4n) is 1.68. The molecule has 0 radical (unpaired) electrons. The number of hydrogen-bond donors (Lipinski definition) is 2. The molecular weight excluding hydrogens is 340 g/mol. The lowest BCUT2D eigenvalue weighted by atomic mass is 10.1. The second-order valence-corrected chi connectivity index (χ2v) is 5.62.